The van der Waals surface area contributed by atoms with Crippen LogP contribution in [0.2, 0.25) is 0 Å². The van der Waals surface area contributed by atoms with Crippen LogP contribution in [0.15, 0.2) is 24.3 Å². The number of thioether (sulfide) groups is 1. The molecule has 1 atom stereocenters. The number of nitrogens with zero attached hydrogens (tertiary/aromatic N) is 1. The Labute approximate surface area is 111 Å². The lowest BCUT2D eigenvalue weighted by atomic mass is 10.2. The normalized spacial score (nSPS) is 11.6. The Balaban J connectivity index is 2.18. The molecule has 0 amide bonds. The minimum Gasteiger partial charge on any atom is -0.493 e. The van der Waals surface area contributed by atoms with Gasteiger partial charge in [0.25, 0.3) is 0 Å². The maximum Gasteiger partial charge on any atom is 0.307 e. The van der Waals surface area contributed by atoms with Gasteiger partial charge in [0.05, 0.1) is 24.2 Å². The molecular weight excluding hydrogens is 250 g/mol. The fourth-order valence-electron chi connectivity index (χ4n) is 1.18. The Kier molecular flexibility index (Phi) is 6.09. The summed E-state index contributed by atoms with van der Waals surface area (Å²) in [6.45, 7) is 2.22. The van der Waals surface area contributed by atoms with Crippen molar-refractivity contribution in [2.75, 3.05) is 18.1 Å². The fourth-order valence-corrected chi connectivity index (χ4v) is 2.04. The topological polar surface area (TPSA) is 70.3 Å². The average Bonchev–Trinajstić information content (AvgIpc) is 2.38. The lowest BCUT2D eigenvalue weighted by Crippen LogP contribution is -2.13. The Bertz CT molecular complexity index is 425. The summed E-state index contributed by atoms with van der Waals surface area (Å²) in [4.78, 5) is 10.6. The number of carbonyl (C=O) groups is 1. The minimum absolute atomic E-state index is 0.329. The van der Waals surface area contributed by atoms with Crippen LogP contribution in [0.4, 0.5) is 0 Å². The highest BCUT2D eigenvalue weighted by atomic mass is 32.2. The number of nitriles is 1. The van der Waals surface area contributed by atoms with Gasteiger partial charge in [-0.1, -0.05) is 6.92 Å². The molecule has 1 aromatic rings. The standard InChI is InChI=1S/C13H15NO3S/c1-10(13(15)16)9-18-7-6-17-12-4-2-11(8-14)3-5-12/h2-5,10H,6-7,9H2,1H3,(H,15,16). The molecule has 1 unspecified atom stereocenters. The van der Waals surface area contributed by atoms with Gasteiger partial charge in [-0.05, 0) is 24.3 Å². The first-order valence-corrected chi connectivity index (χ1v) is 6.72. The van der Waals surface area contributed by atoms with E-state index in [-0.39, 0.29) is 5.92 Å². The predicted molar refractivity (Wildman–Crippen MR) is 70.8 cm³/mol. The van der Waals surface area contributed by atoms with Crippen molar-refractivity contribution in [1.29, 1.82) is 5.26 Å². The van der Waals surface area contributed by atoms with Crippen LogP contribution in [0, 0.1) is 17.2 Å². The van der Waals surface area contributed by atoms with Gasteiger partial charge in [-0.3, -0.25) is 4.79 Å². The third-order valence-electron chi connectivity index (χ3n) is 2.27. The number of hydrogen-bond donors (Lipinski definition) is 1. The minimum atomic E-state index is -0.768. The van der Waals surface area contributed by atoms with Crippen LogP contribution in [0.25, 0.3) is 0 Å². The van der Waals surface area contributed by atoms with E-state index in [0.29, 0.717) is 17.9 Å². The first-order valence-electron chi connectivity index (χ1n) is 5.57. The third kappa shape index (κ3) is 5.11. The highest BCUT2D eigenvalue weighted by Gasteiger charge is 2.09. The van der Waals surface area contributed by atoms with Crippen molar-refractivity contribution in [3.8, 4) is 11.8 Å². The van der Waals surface area contributed by atoms with Crippen molar-refractivity contribution >= 4 is 17.7 Å². The van der Waals surface area contributed by atoms with Crippen LogP contribution in [0.1, 0.15) is 12.5 Å². The van der Waals surface area contributed by atoms with E-state index in [1.165, 1.54) is 0 Å². The summed E-state index contributed by atoms with van der Waals surface area (Å²) in [7, 11) is 0. The number of ether oxygens (including phenoxy) is 1. The van der Waals surface area contributed by atoms with Crippen molar-refractivity contribution in [2.24, 2.45) is 5.92 Å². The zero-order valence-corrected chi connectivity index (χ0v) is 10.9. The predicted octanol–water partition coefficient (Wildman–Crippen LogP) is 2.39. The lowest BCUT2D eigenvalue weighted by molar-refractivity contribution is -0.140. The van der Waals surface area contributed by atoms with Gasteiger partial charge >= 0.3 is 5.97 Å². The first kappa shape index (κ1) is 14.4. The quantitative estimate of drug-likeness (QED) is 0.766. The number of benzene rings is 1. The molecule has 0 saturated heterocycles. The molecule has 18 heavy (non-hydrogen) atoms. The van der Waals surface area contributed by atoms with E-state index in [2.05, 4.69) is 0 Å². The first-order chi connectivity index (χ1) is 8.63. The van der Waals surface area contributed by atoms with Crippen molar-refractivity contribution in [2.45, 2.75) is 6.92 Å². The Hall–Kier alpha value is -1.67. The van der Waals surface area contributed by atoms with Crippen LogP contribution in [-0.2, 0) is 4.79 Å². The molecule has 0 saturated carbocycles. The summed E-state index contributed by atoms with van der Waals surface area (Å²) in [6.07, 6.45) is 0. The van der Waals surface area contributed by atoms with Crippen LogP contribution in [-0.4, -0.2) is 29.2 Å². The molecule has 0 aliphatic rings. The largest absolute Gasteiger partial charge is 0.493 e. The van der Waals surface area contributed by atoms with Crippen molar-refractivity contribution in [1.82, 2.24) is 0 Å². The number of carboxylic acid groups (broad SMARTS) is 1. The summed E-state index contributed by atoms with van der Waals surface area (Å²) < 4.78 is 5.47. The molecule has 5 heteroatoms. The summed E-state index contributed by atoms with van der Waals surface area (Å²) >= 11 is 1.56. The molecule has 0 aliphatic carbocycles. The van der Waals surface area contributed by atoms with Gasteiger partial charge in [0.2, 0.25) is 0 Å². The van der Waals surface area contributed by atoms with Gasteiger partial charge in [0.1, 0.15) is 5.75 Å². The summed E-state index contributed by atoms with van der Waals surface area (Å²) in [5.41, 5.74) is 0.604. The average molecular weight is 265 g/mol. The molecule has 0 spiro atoms. The molecule has 0 bridgehead atoms. The summed E-state index contributed by atoms with van der Waals surface area (Å²) in [5.74, 6) is 0.963. The molecule has 0 aromatic heterocycles. The third-order valence-corrected chi connectivity index (χ3v) is 3.46. The Morgan fingerprint density at radius 2 is 2.17 bits per heavy atom. The van der Waals surface area contributed by atoms with E-state index in [4.69, 9.17) is 15.1 Å². The summed E-state index contributed by atoms with van der Waals surface area (Å²) in [5, 5.41) is 17.3. The fraction of sp³-hybridized carbons (Fsp3) is 0.385. The Morgan fingerprint density at radius 3 is 2.72 bits per heavy atom. The van der Waals surface area contributed by atoms with E-state index in [9.17, 15) is 4.79 Å². The van der Waals surface area contributed by atoms with Crippen molar-refractivity contribution in [3.63, 3.8) is 0 Å². The number of carboxylic acids is 1. The van der Waals surface area contributed by atoms with Gasteiger partial charge in [-0.15, -0.1) is 0 Å². The highest BCUT2D eigenvalue weighted by molar-refractivity contribution is 7.99. The molecular formula is C13H15NO3S. The molecule has 0 aliphatic heterocycles. The molecule has 0 heterocycles. The maximum absolute atomic E-state index is 10.6. The zero-order valence-electron chi connectivity index (χ0n) is 10.1. The second-order valence-corrected chi connectivity index (χ2v) is 4.95. The molecule has 1 rings (SSSR count). The maximum atomic E-state index is 10.6. The van der Waals surface area contributed by atoms with E-state index >= 15 is 0 Å². The van der Waals surface area contributed by atoms with Crippen LogP contribution in [0.5, 0.6) is 5.75 Å². The van der Waals surface area contributed by atoms with Crippen LogP contribution < -0.4 is 4.74 Å². The number of rotatable bonds is 7. The van der Waals surface area contributed by atoms with E-state index < -0.39 is 5.97 Å². The smallest absolute Gasteiger partial charge is 0.307 e. The summed E-state index contributed by atoms with van der Waals surface area (Å²) in [6, 6.07) is 8.95. The number of hydrogen-bond acceptors (Lipinski definition) is 4. The molecule has 0 radical (unpaired) electrons. The van der Waals surface area contributed by atoms with E-state index in [1.807, 2.05) is 6.07 Å². The SMILES string of the molecule is CC(CSCCOc1ccc(C#N)cc1)C(=O)O. The zero-order chi connectivity index (χ0) is 13.4. The van der Waals surface area contributed by atoms with E-state index in [1.54, 1.807) is 43.0 Å². The monoisotopic (exact) mass is 265 g/mol. The van der Waals surface area contributed by atoms with E-state index in [0.717, 1.165) is 11.5 Å². The molecule has 4 nitrogen and oxygen atoms in total. The Morgan fingerprint density at radius 1 is 1.50 bits per heavy atom. The van der Waals surface area contributed by atoms with Gasteiger partial charge in [0, 0.05) is 11.5 Å². The molecule has 0 fully saturated rings. The second-order valence-electron chi connectivity index (χ2n) is 3.80. The van der Waals surface area contributed by atoms with Gasteiger partial charge in [-0.2, -0.15) is 17.0 Å². The highest BCUT2D eigenvalue weighted by Crippen LogP contribution is 2.13. The van der Waals surface area contributed by atoms with Gasteiger partial charge in [-0.25, -0.2) is 0 Å². The van der Waals surface area contributed by atoms with Gasteiger partial charge < -0.3 is 9.84 Å². The van der Waals surface area contributed by atoms with Gasteiger partial charge in [0.15, 0.2) is 0 Å². The van der Waals surface area contributed by atoms with Crippen molar-refractivity contribution in [3.05, 3.63) is 29.8 Å². The second kappa shape index (κ2) is 7.62. The molecule has 1 N–H and O–H groups in total. The lowest BCUT2D eigenvalue weighted by Gasteiger charge is -2.07. The van der Waals surface area contributed by atoms with Crippen LogP contribution >= 0.6 is 11.8 Å². The molecule has 1 aromatic carbocycles. The molecule has 96 valence electrons. The van der Waals surface area contributed by atoms with Crippen LogP contribution in [0.3, 0.4) is 0 Å². The van der Waals surface area contributed by atoms with Crippen molar-refractivity contribution < 1.29 is 14.6 Å². The number of aliphatic carboxylic acids is 1.